The average Bonchev–Trinajstić information content (AvgIpc) is 2.40. The van der Waals surface area contributed by atoms with Crippen molar-refractivity contribution < 1.29 is 9.66 Å². The second-order valence-corrected chi connectivity index (χ2v) is 5.47. The molecule has 0 fully saturated rings. The maximum atomic E-state index is 11.0. The molecular formula is C15H11BrN2O3. The lowest BCUT2D eigenvalue weighted by Gasteiger charge is -2.10. The summed E-state index contributed by atoms with van der Waals surface area (Å²) in [5.41, 5.74) is 1.82. The predicted octanol–water partition coefficient (Wildman–Crippen LogP) is 4.64. The quantitative estimate of drug-likeness (QED) is 0.599. The molecule has 0 atom stereocenters. The van der Waals surface area contributed by atoms with E-state index in [-0.39, 0.29) is 5.69 Å². The van der Waals surface area contributed by atoms with E-state index in [1.54, 1.807) is 31.2 Å². The molecule has 5 nitrogen and oxygen atoms in total. The van der Waals surface area contributed by atoms with Gasteiger partial charge in [-0.25, -0.2) is 0 Å². The minimum Gasteiger partial charge on any atom is -0.457 e. The lowest BCUT2D eigenvalue weighted by atomic mass is 10.1. The Morgan fingerprint density at radius 2 is 1.90 bits per heavy atom. The molecule has 0 amide bonds. The standard InChI is InChI=1S/C15H11BrN2O3/c1-9-3-10(2)15(7-14(9)18(19)20)21-13-5-11(8-17)4-12(16)6-13/h3-7H,1-2H3. The minimum atomic E-state index is -0.441. The van der Waals surface area contributed by atoms with E-state index in [0.717, 1.165) is 5.56 Å². The van der Waals surface area contributed by atoms with Crippen molar-refractivity contribution in [3.05, 3.63) is 61.6 Å². The lowest BCUT2D eigenvalue weighted by Crippen LogP contribution is -1.95. The molecule has 0 N–H and O–H groups in total. The zero-order valence-corrected chi connectivity index (χ0v) is 13.0. The van der Waals surface area contributed by atoms with Crippen LogP contribution in [0.2, 0.25) is 0 Å². The van der Waals surface area contributed by atoms with Crippen LogP contribution in [0.5, 0.6) is 11.5 Å². The minimum absolute atomic E-state index is 0.00565. The van der Waals surface area contributed by atoms with Crippen molar-refractivity contribution in [2.75, 3.05) is 0 Å². The fourth-order valence-corrected chi connectivity index (χ4v) is 2.41. The number of rotatable bonds is 3. The molecule has 2 rings (SSSR count). The van der Waals surface area contributed by atoms with E-state index in [4.69, 9.17) is 10.00 Å². The Morgan fingerprint density at radius 3 is 2.52 bits per heavy atom. The largest absolute Gasteiger partial charge is 0.457 e. The Bertz CT molecular complexity index is 766. The molecule has 0 aliphatic carbocycles. The number of hydrogen-bond donors (Lipinski definition) is 0. The van der Waals surface area contributed by atoms with Gasteiger partial charge in [0.05, 0.1) is 22.6 Å². The summed E-state index contributed by atoms with van der Waals surface area (Å²) in [6.45, 7) is 3.50. The number of nitro groups is 1. The number of hydrogen-bond acceptors (Lipinski definition) is 4. The molecule has 2 aromatic carbocycles. The molecule has 0 spiro atoms. The van der Waals surface area contributed by atoms with Crippen LogP contribution in [0.25, 0.3) is 0 Å². The van der Waals surface area contributed by atoms with Crippen LogP contribution >= 0.6 is 15.9 Å². The lowest BCUT2D eigenvalue weighted by molar-refractivity contribution is -0.385. The van der Waals surface area contributed by atoms with Crippen LogP contribution in [0.4, 0.5) is 5.69 Å². The van der Waals surface area contributed by atoms with Crippen LogP contribution in [0.1, 0.15) is 16.7 Å². The first-order valence-electron chi connectivity index (χ1n) is 6.05. The van der Waals surface area contributed by atoms with Crippen molar-refractivity contribution in [3.63, 3.8) is 0 Å². The van der Waals surface area contributed by atoms with Crippen LogP contribution in [0.3, 0.4) is 0 Å². The van der Waals surface area contributed by atoms with Gasteiger partial charge in [-0.2, -0.15) is 5.26 Å². The zero-order chi connectivity index (χ0) is 15.6. The van der Waals surface area contributed by atoms with Crippen LogP contribution in [0, 0.1) is 35.3 Å². The van der Waals surface area contributed by atoms with Crippen molar-refractivity contribution in [1.29, 1.82) is 5.26 Å². The molecule has 0 heterocycles. The molecule has 0 saturated heterocycles. The Kier molecular flexibility index (Phi) is 4.24. The fourth-order valence-electron chi connectivity index (χ4n) is 1.94. The maximum absolute atomic E-state index is 11.0. The van der Waals surface area contributed by atoms with Gasteiger partial charge in [0.2, 0.25) is 0 Å². The summed E-state index contributed by atoms with van der Waals surface area (Å²) in [6.07, 6.45) is 0. The molecule has 0 radical (unpaired) electrons. The van der Waals surface area contributed by atoms with E-state index >= 15 is 0 Å². The Labute approximate surface area is 130 Å². The maximum Gasteiger partial charge on any atom is 0.276 e. The molecule has 106 valence electrons. The van der Waals surface area contributed by atoms with Crippen molar-refractivity contribution in [2.45, 2.75) is 13.8 Å². The van der Waals surface area contributed by atoms with Crippen molar-refractivity contribution in [1.82, 2.24) is 0 Å². The van der Waals surface area contributed by atoms with Gasteiger partial charge in [-0.1, -0.05) is 15.9 Å². The number of nitro benzene ring substituents is 1. The summed E-state index contributed by atoms with van der Waals surface area (Å²) >= 11 is 3.30. The first-order valence-corrected chi connectivity index (χ1v) is 6.84. The van der Waals surface area contributed by atoms with E-state index in [1.807, 2.05) is 13.0 Å². The van der Waals surface area contributed by atoms with Crippen LogP contribution in [-0.4, -0.2) is 4.92 Å². The predicted molar refractivity (Wildman–Crippen MR) is 81.5 cm³/mol. The average molecular weight is 347 g/mol. The van der Waals surface area contributed by atoms with Gasteiger partial charge in [0.1, 0.15) is 11.5 Å². The SMILES string of the molecule is Cc1cc(C)c([N+](=O)[O-])cc1Oc1cc(Br)cc(C#N)c1. The Morgan fingerprint density at radius 1 is 1.19 bits per heavy atom. The van der Waals surface area contributed by atoms with E-state index in [2.05, 4.69) is 15.9 Å². The number of aryl methyl sites for hydroxylation is 2. The number of ether oxygens (including phenoxy) is 1. The molecule has 2 aromatic rings. The van der Waals surface area contributed by atoms with Gasteiger partial charge in [-0.15, -0.1) is 0 Å². The molecule has 0 saturated carbocycles. The molecule has 21 heavy (non-hydrogen) atoms. The summed E-state index contributed by atoms with van der Waals surface area (Å²) in [4.78, 5) is 10.6. The zero-order valence-electron chi connectivity index (χ0n) is 11.4. The third-order valence-electron chi connectivity index (χ3n) is 2.92. The Hall–Kier alpha value is -2.39. The highest BCUT2D eigenvalue weighted by Crippen LogP contribution is 2.33. The molecular weight excluding hydrogens is 336 g/mol. The topological polar surface area (TPSA) is 76.2 Å². The van der Waals surface area contributed by atoms with E-state index in [9.17, 15) is 10.1 Å². The van der Waals surface area contributed by atoms with Crippen molar-refractivity contribution in [3.8, 4) is 17.6 Å². The smallest absolute Gasteiger partial charge is 0.276 e. The third kappa shape index (κ3) is 3.38. The molecule has 0 bridgehead atoms. The van der Waals surface area contributed by atoms with Gasteiger partial charge in [0, 0.05) is 10.0 Å². The summed E-state index contributed by atoms with van der Waals surface area (Å²) in [5, 5.41) is 19.9. The normalized spacial score (nSPS) is 10.0. The molecule has 0 aliphatic heterocycles. The highest BCUT2D eigenvalue weighted by Gasteiger charge is 2.15. The molecule has 6 heteroatoms. The number of nitrogens with zero attached hydrogens (tertiary/aromatic N) is 2. The van der Waals surface area contributed by atoms with E-state index in [1.165, 1.54) is 6.07 Å². The van der Waals surface area contributed by atoms with Gasteiger partial charge in [0.25, 0.3) is 5.69 Å². The summed E-state index contributed by atoms with van der Waals surface area (Å²) in [7, 11) is 0. The molecule has 0 aliphatic rings. The van der Waals surface area contributed by atoms with Crippen molar-refractivity contribution >= 4 is 21.6 Å². The summed E-state index contributed by atoms with van der Waals surface area (Å²) in [6, 6.07) is 10.1. The third-order valence-corrected chi connectivity index (χ3v) is 3.38. The van der Waals surface area contributed by atoms with Gasteiger partial charge in [0.15, 0.2) is 0 Å². The number of halogens is 1. The van der Waals surface area contributed by atoms with Crippen LogP contribution in [0.15, 0.2) is 34.8 Å². The van der Waals surface area contributed by atoms with E-state index in [0.29, 0.717) is 27.1 Å². The van der Waals surface area contributed by atoms with Crippen LogP contribution in [-0.2, 0) is 0 Å². The summed E-state index contributed by atoms with van der Waals surface area (Å²) < 4.78 is 6.40. The number of benzene rings is 2. The highest BCUT2D eigenvalue weighted by atomic mass is 79.9. The highest BCUT2D eigenvalue weighted by molar-refractivity contribution is 9.10. The van der Waals surface area contributed by atoms with Crippen LogP contribution < -0.4 is 4.74 Å². The van der Waals surface area contributed by atoms with Gasteiger partial charge >= 0.3 is 0 Å². The monoisotopic (exact) mass is 346 g/mol. The second-order valence-electron chi connectivity index (χ2n) is 4.55. The summed E-state index contributed by atoms with van der Waals surface area (Å²) in [5.74, 6) is 0.844. The molecule has 0 unspecified atom stereocenters. The Balaban J connectivity index is 2.44. The number of nitriles is 1. The fraction of sp³-hybridized carbons (Fsp3) is 0.133. The second kappa shape index (κ2) is 5.94. The first-order chi connectivity index (χ1) is 9.90. The van der Waals surface area contributed by atoms with Crippen molar-refractivity contribution in [2.24, 2.45) is 0 Å². The van der Waals surface area contributed by atoms with Gasteiger partial charge in [-0.05, 0) is 43.7 Å². The molecule has 0 aromatic heterocycles. The van der Waals surface area contributed by atoms with Gasteiger partial charge in [-0.3, -0.25) is 10.1 Å². The first kappa shape index (κ1) is 15.0. The van der Waals surface area contributed by atoms with Gasteiger partial charge < -0.3 is 4.74 Å². The van der Waals surface area contributed by atoms with E-state index < -0.39 is 4.92 Å².